The van der Waals surface area contributed by atoms with E-state index >= 15 is 0 Å². The van der Waals surface area contributed by atoms with Gasteiger partial charge in [-0.05, 0) is 24.3 Å². The van der Waals surface area contributed by atoms with Gasteiger partial charge in [-0.15, -0.1) is 16.2 Å². The van der Waals surface area contributed by atoms with Crippen LogP contribution >= 0.6 is 11.3 Å². The van der Waals surface area contributed by atoms with E-state index in [0.29, 0.717) is 10.8 Å². The highest BCUT2D eigenvalue weighted by atomic mass is 32.2. The lowest BCUT2D eigenvalue weighted by Crippen LogP contribution is -2.41. The molecule has 0 aliphatic rings. The number of amides is 3. The highest BCUT2D eigenvalue weighted by Gasteiger charge is 2.16. The third kappa shape index (κ3) is 6.61. The van der Waals surface area contributed by atoms with Gasteiger partial charge in [0.25, 0.3) is 10.0 Å². The molecule has 11 nitrogen and oxygen atoms in total. The zero-order valence-corrected chi connectivity index (χ0v) is 16.2. The SMILES string of the molecule is COC(=O)Nc1ccc(S(=O)(=O)NNC(=O)CCC(=O)Nc2nccs2)cc1. The molecular formula is C15H17N5O6S2. The molecule has 0 aliphatic heterocycles. The molecule has 0 unspecified atom stereocenters. The van der Waals surface area contributed by atoms with E-state index in [-0.39, 0.29) is 17.7 Å². The molecule has 0 fully saturated rings. The van der Waals surface area contributed by atoms with Crippen LogP contribution in [0.25, 0.3) is 0 Å². The van der Waals surface area contributed by atoms with Crippen LogP contribution in [0.3, 0.4) is 0 Å². The maximum Gasteiger partial charge on any atom is 0.411 e. The van der Waals surface area contributed by atoms with Crippen LogP contribution in [0.2, 0.25) is 0 Å². The van der Waals surface area contributed by atoms with Gasteiger partial charge >= 0.3 is 6.09 Å². The third-order valence-corrected chi connectivity index (χ3v) is 5.13. The number of anilines is 2. The van der Waals surface area contributed by atoms with E-state index in [1.807, 2.05) is 10.3 Å². The Labute approximate surface area is 164 Å². The second-order valence-electron chi connectivity index (χ2n) is 5.18. The number of thiazole rings is 1. The van der Waals surface area contributed by atoms with Gasteiger partial charge in [-0.2, -0.15) is 0 Å². The number of ether oxygens (including phenoxy) is 1. The number of nitrogens with zero attached hydrogens (tertiary/aromatic N) is 1. The Morgan fingerprint density at radius 2 is 1.75 bits per heavy atom. The van der Waals surface area contributed by atoms with Crippen molar-refractivity contribution in [3.8, 4) is 0 Å². The number of benzene rings is 1. The first-order valence-corrected chi connectivity index (χ1v) is 10.1. The summed E-state index contributed by atoms with van der Waals surface area (Å²) >= 11 is 1.24. The van der Waals surface area contributed by atoms with Crippen LogP contribution in [0.4, 0.5) is 15.6 Å². The van der Waals surface area contributed by atoms with Gasteiger partial charge in [0.1, 0.15) is 0 Å². The predicted molar refractivity (Wildman–Crippen MR) is 101 cm³/mol. The number of carbonyl (C=O) groups excluding carboxylic acids is 3. The van der Waals surface area contributed by atoms with Crippen molar-refractivity contribution < 1.29 is 27.5 Å². The summed E-state index contributed by atoms with van der Waals surface area (Å²) in [5.41, 5.74) is 2.37. The van der Waals surface area contributed by atoms with Gasteiger partial charge in [0.2, 0.25) is 11.8 Å². The molecule has 1 aromatic carbocycles. The molecule has 0 saturated carbocycles. The van der Waals surface area contributed by atoms with Crippen molar-refractivity contribution in [1.82, 2.24) is 15.2 Å². The van der Waals surface area contributed by atoms with Gasteiger partial charge in [-0.1, -0.05) is 0 Å². The van der Waals surface area contributed by atoms with Crippen molar-refractivity contribution in [3.05, 3.63) is 35.8 Å². The Hall–Kier alpha value is -3.03. The molecule has 0 saturated heterocycles. The Balaban J connectivity index is 1.80. The van der Waals surface area contributed by atoms with E-state index in [1.165, 1.54) is 48.9 Å². The summed E-state index contributed by atoms with van der Waals surface area (Å²) < 4.78 is 28.7. The number of hydrogen-bond acceptors (Lipinski definition) is 8. The smallest absolute Gasteiger partial charge is 0.411 e. The average Bonchev–Trinajstić information content (AvgIpc) is 3.18. The molecule has 28 heavy (non-hydrogen) atoms. The molecule has 4 N–H and O–H groups in total. The molecule has 0 spiro atoms. The summed E-state index contributed by atoms with van der Waals surface area (Å²) in [6, 6.07) is 5.19. The van der Waals surface area contributed by atoms with Crippen LogP contribution in [0.1, 0.15) is 12.8 Å². The minimum Gasteiger partial charge on any atom is -0.453 e. The molecule has 0 aliphatic carbocycles. The summed E-state index contributed by atoms with van der Waals surface area (Å²) in [7, 11) is -2.82. The molecule has 13 heteroatoms. The zero-order valence-electron chi connectivity index (χ0n) is 14.6. The van der Waals surface area contributed by atoms with Gasteiger partial charge in [0.15, 0.2) is 5.13 Å². The predicted octanol–water partition coefficient (Wildman–Crippen LogP) is 1.05. The summed E-state index contributed by atoms with van der Waals surface area (Å²) in [5, 5.41) is 6.99. The van der Waals surface area contributed by atoms with Gasteiger partial charge < -0.3 is 10.1 Å². The van der Waals surface area contributed by atoms with Crippen molar-refractivity contribution >= 4 is 50.1 Å². The van der Waals surface area contributed by atoms with Crippen LogP contribution in [0, 0.1) is 0 Å². The normalized spacial score (nSPS) is 10.8. The third-order valence-electron chi connectivity index (χ3n) is 3.18. The Morgan fingerprint density at radius 3 is 2.36 bits per heavy atom. The van der Waals surface area contributed by atoms with E-state index in [1.54, 1.807) is 5.38 Å². The zero-order chi connectivity index (χ0) is 20.6. The van der Waals surface area contributed by atoms with Gasteiger partial charge in [0, 0.05) is 30.1 Å². The molecular weight excluding hydrogens is 410 g/mol. The lowest BCUT2D eigenvalue weighted by Gasteiger charge is -2.09. The molecule has 150 valence electrons. The minimum absolute atomic E-state index is 0.135. The number of sulfonamides is 1. The quantitative estimate of drug-likeness (QED) is 0.459. The van der Waals surface area contributed by atoms with E-state index in [0.717, 1.165) is 0 Å². The van der Waals surface area contributed by atoms with Crippen molar-refractivity contribution in [1.29, 1.82) is 0 Å². The molecule has 2 rings (SSSR count). The summed E-state index contributed by atoms with van der Waals surface area (Å²) in [4.78, 5) is 40.2. The van der Waals surface area contributed by atoms with E-state index in [9.17, 15) is 22.8 Å². The van der Waals surface area contributed by atoms with Gasteiger partial charge in [0.05, 0.1) is 12.0 Å². The van der Waals surface area contributed by atoms with Crippen molar-refractivity contribution in [2.45, 2.75) is 17.7 Å². The summed E-state index contributed by atoms with van der Waals surface area (Å²) in [6.45, 7) is 0. The highest BCUT2D eigenvalue weighted by Crippen LogP contribution is 2.14. The standard InChI is InChI=1S/C15H17N5O6S2/c1-26-15(23)17-10-2-4-11(5-3-10)28(24,25)20-19-13(22)7-6-12(21)18-14-16-8-9-27-14/h2-5,8-9,20H,6-7H2,1H3,(H,17,23)(H,19,22)(H,16,18,21). The van der Waals surface area contributed by atoms with Crippen LogP contribution in [-0.4, -0.2) is 38.4 Å². The van der Waals surface area contributed by atoms with Crippen LogP contribution in [0.15, 0.2) is 40.7 Å². The van der Waals surface area contributed by atoms with Crippen LogP contribution in [0.5, 0.6) is 0 Å². The minimum atomic E-state index is -4.02. The number of nitrogens with one attached hydrogen (secondary N) is 4. The van der Waals surface area contributed by atoms with Crippen molar-refractivity contribution in [3.63, 3.8) is 0 Å². The Bertz CT molecular complexity index is 928. The van der Waals surface area contributed by atoms with Gasteiger partial charge in [-0.3, -0.25) is 20.3 Å². The number of carbonyl (C=O) groups is 3. The fourth-order valence-corrected chi connectivity index (χ4v) is 3.23. The number of hydrazine groups is 1. The molecule has 1 heterocycles. The molecule has 3 amide bonds. The lowest BCUT2D eigenvalue weighted by molar-refractivity contribution is -0.124. The Morgan fingerprint density at radius 1 is 1.07 bits per heavy atom. The number of rotatable bonds is 8. The lowest BCUT2D eigenvalue weighted by atomic mass is 10.3. The average molecular weight is 427 g/mol. The second kappa shape index (κ2) is 9.77. The molecule has 0 radical (unpaired) electrons. The number of methoxy groups -OCH3 is 1. The maximum atomic E-state index is 12.2. The Kier molecular flexibility index (Phi) is 7.43. The second-order valence-corrected chi connectivity index (χ2v) is 7.76. The molecule has 2 aromatic rings. The van der Waals surface area contributed by atoms with Crippen molar-refractivity contribution in [2.75, 3.05) is 17.7 Å². The van der Waals surface area contributed by atoms with Crippen LogP contribution in [-0.2, 0) is 24.3 Å². The monoisotopic (exact) mass is 427 g/mol. The first kappa shape index (κ1) is 21.3. The maximum absolute atomic E-state index is 12.2. The topological polar surface area (TPSA) is 156 Å². The largest absolute Gasteiger partial charge is 0.453 e. The fourth-order valence-electron chi connectivity index (χ4n) is 1.83. The van der Waals surface area contributed by atoms with Crippen molar-refractivity contribution in [2.24, 2.45) is 0 Å². The van der Waals surface area contributed by atoms with E-state index in [2.05, 4.69) is 20.4 Å². The summed E-state index contributed by atoms with van der Waals surface area (Å²) in [6.07, 6.45) is 0.475. The number of hydrogen-bond donors (Lipinski definition) is 4. The van der Waals surface area contributed by atoms with E-state index < -0.39 is 27.9 Å². The van der Waals surface area contributed by atoms with Crippen LogP contribution < -0.4 is 20.9 Å². The molecule has 1 aromatic heterocycles. The molecule has 0 bridgehead atoms. The highest BCUT2D eigenvalue weighted by molar-refractivity contribution is 7.89. The first-order chi connectivity index (χ1) is 13.3. The summed E-state index contributed by atoms with van der Waals surface area (Å²) in [5.74, 6) is -1.09. The fraction of sp³-hybridized carbons (Fsp3) is 0.200. The van der Waals surface area contributed by atoms with Gasteiger partial charge in [-0.25, -0.2) is 18.2 Å². The number of aromatic nitrogens is 1. The van der Waals surface area contributed by atoms with E-state index in [4.69, 9.17) is 0 Å². The first-order valence-electron chi connectivity index (χ1n) is 7.75. The molecule has 0 atom stereocenters.